The van der Waals surface area contributed by atoms with E-state index in [1.54, 1.807) is 0 Å². The van der Waals surface area contributed by atoms with E-state index in [0.29, 0.717) is 12.1 Å². The van der Waals surface area contributed by atoms with Crippen LogP contribution in [0.25, 0.3) is 0 Å². The Morgan fingerprint density at radius 3 is 2.21 bits per heavy atom. The van der Waals surface area contributed by atoms with Gasteiger partial charge in [-0.2, -0.15) is 0 Å². The van der Waals surface area contributed by atoms with Gasteiger partial charge in [-0.05, 0) is 46.7 Å². The monoisotopic (exact) mass is 262 g/mol. The second kappa shape index (κ2) is 7.66. The van der Waals surface area contributed by atoms with Crippen molar-refractivity contribution < 1.29 is 0 Å². The summed E-state index contributed by atoms with van der Waals surface area (Å²) in [5.74, 6) is 0. The molecule has 1 N–H and O–H groups in total. The molecule has 0 aliphatic rings. The van der Waals surface area contributed by atoms with Crippen LogP contribution in [0.5, 0.6) is 0 Å². The maximum absolute atomic E-state index is 3.62. The van der Waals surface area contributed by atoms with Crippen LogP contribution >= 0.6 is 0 Å². The number of nitrogens with one attached hydrogen (secondary N) is 1. The highest BCUT2D eigenvalue weighted by atomic mass is 15.1. The second-order valence-corrected chi connectivity index (χ2v) is 5.83. The molecular formula is C17H30N2. The molecule has 0 heterocycles. The highest BCUT2D eigenvalue weighted by molar-refractivity contribution is 5.30. The van der Waals surface area contributed by atoms with Gasteiger partial charge in [0, 0.05) is 25.2 Å². The number of aryl methyl sites for hydroxylation is 2. The number of likely N-dealkylation sites (N-methyl/N-ethyl adjacent to an activating group) is 1. The molecule has 0 radical (unpaired) electrons. The fourth-order valence-corrected chi connectivity index (χ4v) is 2.37. The van der Waals surface area contributed by atoms with Gasteiger partial charge in [-0.15, -0.1) is 0 Å². The first-order valence-corrected chi connectivity index (χ1v) is 7.45. The number of benzene rings is 1. The largest absolute Gasteiger partial charge is 0.309 e. The van der Waals surface area contributed by atoms with Gasteiger partial charge >= 0.3 is 0 Å². The molecule has 0 aromatic heterocycles. The van der Waals surface area contributed by atoms with E-state index < -0.39 is 0 Å². The van der Waals surface area contributed by atoms with Gasteiger partial charge in [0.05, 0.1) is 0 Å². The molecule has 0 fully saturated rings. The number of hydrogen-bond acceptors (Lipinski definition) is 2. The van der Waals surface area contributed by atoms with E-state index in [9.17, 15) is 0 Å². The number of nitrogens with zero attached hydrogens (tertiary/aromatic N) is 1. The minimum Gasteiger partial charge on any atom is -0.309 e. The summed E-state index contributed by atoms with van der Waals surface area (Å²) >= 11 is 0. The minimum atomic E-state index is 0.420. The fraction of sp³-hybridized carbons (Fsp3) is 0.647. The molecular weight excluding hydrogens is 232 g/mol. The Morgan fingerprint density at radius 1 is 1.11 bits per heavy atom. The third-order valence-electron chi connectivity index (χ3n) is 4.00. The standard InChI is InChI=1S/C17H30N2/c1-7-15(4)19(6)9-8-18-16(5)17-11-13(2)10-14(3)12-17/h10-12,15-16,18H,7-9H2,1-6H3. The van der Waals surface area contributed by atoms with Gasteiger partial charge in [0.25, 0.3) is 0 Å². The zero-order chi connectivity index (χ0) is 14.4. The molecule has 1 rings (SSSR count). The Kier molecular flexibility index (Phi) is 6.53. The van der Waals surface area contributed by atoms with Crippen LogP contribution in [0.2, 0.25) is 0 Å². The summed E-state index contributed by atoms with van der Waals surface area (Å²) < 4.78 is 0. The van der Waals surface area contributed by atoms with Crippen LogP contribution in [-0.2, 0) is 0 Å². The molecule has 1 aromatic carbocycles. The van der Waals surface area contributed by atoms with Crippen LogP contribution < -0.4 is 5.32 Å². The molecule has 0 amide bonds. The van der Waals surface area contributed by atoms with Crippen molar-refractivity contribution in [3.63, 3.8) is 0 Å². The smallest absolute Gasteiger partial charge is 0.0292 e. The fourth-order valence-electron chi connectivity index (χ4n) is 2.37. The first-order valence-electron chi connectivity index (χ1n) is 7.45. The maximum atomic E-state index is 3.62. The molecule has 0 aliphatic heterocycles. The van der Waals surface area contributed by atoms with Crippen LogP contribution in [0.1, 0.15) is 49.9 Å². The van der Waals surface area contributed by atoms with E-state index in [1.807, 2.05) is 0 Å². The van der Waals surface area contributed by atoms with Crippen LogP contribution in [0.4, 0.5) is 0 Å². The summed E-state index contributed by atoms with van der Waals surface area (Å²) in [6.45, 7) is 13.2. The summed E-state index contributed by atoms with van der Waals surface area (Å²) in [4.78, 5) is 2.42. The lowest BCUT2D eigenvalue weighted by atomic mass is 10.0. The van der Waals surface area contributed by atoms with Crippen molar-refractivity contribution in [2.75, 3.05) is 20.1 Å². The van der Waals surface area contributed by atoms with Crippen molar-refractivity contribution in [3.8, 4) is 0 Å². The Hall–Kier alpha value is -0.860. The van der Waals surface area contributed by atoms with Crippen molar-refractivity contribution in [2.45, 2.75) is 53.1 Å². The molecule has 0 bridgehead atoms. The molecule has 2 atom stereocenters. The molecule has 0 spiro atoms. The molecule has 0 aliphatic carbocycles. The third-order valence-corrected chi connectivity index (χ3v) is 4.00. The van der Waals surface area contributed by atoms with Gasteiger partial charge in [-0.3, -0.25) is 0 Å². The predicted octanol–water partition coefficient (Wildman–Crippen LogP) is 3.68. The van der Waals surface area contributed by atoms with E-state index in [0.717, 1.165) is 13.1 Å². The number of hydrogen-bond donors (Lipinski definition) is 1. The summed E-state index contributed by atoms with van der Waals surface area (Å²) in [5, 5.41) is 3.62. The first-order chi connectivity index (χ1) is 8.93. The molecule has 19 heavy (non-hydrogen) atoms. The Balaban J connectivity index is 2.45. The lowest BCUT2D eigenvalue weighted by molar-refractivity contribution is 0.249. The Labute approximate surface area is 119 Å². The lowest BCUT2D eigenvalue weighted by Gasteiger charge is -2.24. The van der Waals surface area contributed by atoms with Crippen LogP contribution in [0.3, 0.4) is 0 Å². The zero-order valence-corrected chi connectivity index (χ0v) is 13.5. The van der Waals surface area contributed by atoms with Gasteiger partial charge < -0.3 is 10.2 Å². The predicted molar refractivity (Wildman–Crippen MR) is 84.7 cm³/mol. The molecule has 2 nitrogen and oxygen atoms in total. The Morgan fingerprint density at radius 2 is 1.68 bits per heavy atom. The van der Waals surface area contributed by atoms with Crippen molar-refractivity contribution in [2.24, 2.45) is 0 Å². The minimum absolute atomic E-state index is 0.420. The van der Waals surface area contributed by atoms with Gasteiger partial charge in [-0.1, -0.05) is 36.2 Å². The van der Waals surface area contributed by atoms with Gasteiger partial charge in [0.1, 0.15) is 0 Å². The van der Waals surface area contributed by atoms with Crippen molar-refractivity contribution >= 4 is 0 Å². The topological polar surface area (TPSA) is 15.3 Å². The van der Waals surface area contributed by atoms with Crippen LogP contribution in [0.15, 0.2) is 18.2 Å². The average Bonchev–Trinajstić information content (AvgIpc) is 2.36. The quantitative estimate of drug-likeness (QED) is 0.806. The average molecular weight is 262 g/mol. The van der Waals surface area contributed by atoms with E-state index in [-0.39, 0.29) is 0 Å². The normalized spacial score (nSPS) is 14.7. The molecule has 1 aromatic rings. The van der Waals surface area contributed by atoms with Gasteiger partial charge in [-0.25, -0.2) is 0 Å². The molecule has 108 valence electrons. The summed E-state index contributed by atoms with van der Waals surface area (Å²) in [6, 6.07) is 7.88. The molecule has 0 saturated carbocycles. The third kappa shape index (κ3) is 5.33. The summed E-state index contributed by atoms with van der Waals surface area (Å²) in [7, 11) is 2.21. The van der Waals surface area contributed by atoms with Crippen molar-refractivity contribution in [1.29, 1.82) is 0 Å². The zero-order valence-electron chi connectivity index (χ0n) is 13.5. The second-order valence-electron chi connectivity index (χ2n) is 5.83. The highest BCUT2D eigenvalue weighted by Gasteiger charge is 2.08. The van der Waals surface area contributed by atoms with Crippen molar-refractivity contribution in [1.82, 2.24) is 10.2 Å². The Bertz CT molecular complexity index is 367. The van der Waals surface area contributed by atoms with Crippen LogP contribution in [0, 0.1) is 13.8 Å². The SMILES string of the molecule is CCC(C)N(C)CCNC(C)c1cc(C)cc(C)c1. The van der Waals surface area contributed by atoms with Gasteiger partial charge in [0.2, 0.25) is 0 Å². The van der Waals surface area contributed by atoms with E-state index >= 15 is 0 Å². The number of rotatable bonds is 7. The van der Waals surface area contributed by atoms with Crippen molar-refractivity contribution in [3.05, 3.63) is 34.9 Å². The molecule has 2 unspecified atom stereocenters. The molecule has 0 saturated heterocycles. The van der Waals surface area contributed by atoms with Gasteiger partial charge in [0.15, 0.2) is 0 Å². The van der Waals surface area contributed by atoms with E-state index in [1.165, 1.54) is 23.1 Å². The lowest BCUT2D eigenvalue weighted by Crippen LogP contribution is -2.35. The summed E-state index contributed by atoms with van der Waals surface area (Å²) in [5.41, 5.74) is 4.09. The van der Waals surface area contributed by atoms with E-state index in [2.05, 4.69) is 70.1 Å². The summed E-state index contributed by atoms with van der Waals surface area (Å²) in [6.07, 6.45) is 1.21. The van der Waals surface area contributed by atoms with E-state index in [4.69, 9.17) is 0 Å². The molecule has 2 heteroatoms. The first kappa shape index (κ1) is 16.2. The highest BCUT2D eigenvalue weighted by Crippen LogP contribution is 2.16. The van der Waals surface area contributed by atoms with Crippen LogP contribution in [-0.4, -0.2) is 31.1 Å². The maximum Gasteiger partial charge on any atom is 0.0292 e.